The van der Waals surface area contributed by atoms with E-state index < -0.39 is 29.3 Å². The molecule has 284 valence electrons. The van der Waals surface area contributed by atoms with E-state index in [4.69, 9.17) is 28.4 Å². The first-order valence-corrected chi connectivity index (χ1v) is 20.4. The Labute approximate surface area is 295 Å². The monoisotopic (exact) mass is 685 g/mol. The third-order valence-corrected chi connectivity index (χ3v) is 9.62. The van der Waals surface area contributed by atoms with E-state index in [1.807, 2.05) is 27.7 Å². The highest BCUT2D eigenvalue weighted by atomic mass is 16.9. The summed E-state index contributed by atoms with van der Waals surface area (Å²) in [5.74, 6) is -4.32. The standard InChI is InChI=1S/C40H76O8/c1-7-13-15-17-19-21-23-25-30-34-39(43-9-3,44-10-4)47-36(41)38(32-28-27-29-33-38)37(42)48-40(45-11-5,46-12-6)35-31-26-24-22-20-18-16-14-8-2/h7-35H2,1-6H3. The van der Waals surface area contributed by atoms with Crippen molar-refractivity contribution >= 4 is 11.9 Å². The zero-order valence-corrected chi connectivity index (χ0v) is 32.3. The average molecular weight is 685 g/mol. The quantitative estimate of drug-likeness (QED) is 0.0299. The lowest BCUT2D eigenvalue weighted by molar-refractivity contribution is -0.372. The van der Waals surface area contributed by atoms with Crippen LogP contribution in [-0.4, -0.2) is 50.3 Å². The first-order chi connectivity index (χ1) is 23.3. The first-order valence-electron chi connectivity index (χ1n) is 20.4. The zero-order valence-electron chi connectivity index (χ0n) is 32.3. The van der Waals surface area contributed by atoms with Gasteiger partial charge in [-0.3, -0.25) is 9.59 Å². The molecule has 0 heterocycles. The number of rotatable bonds is 32. The number of carbonyl (C=O) groups excluding carboxylic acids is 2. The van der Waals surface area contributed by atoms with Crippen LogP contribution in [0.2, 0.25) is 0 Å². The van der Waals surface area contributed by atoms with E-state index in [0.717, 1.165) is 57.8 Å². The van der Waals surface area contributed by atoms with Crippen molar-refractivity contribution in [3.63, 3.8) is 0 Å². The molecule has 1 aliphatic carbocycles. The SMILES string of the molecule is CCCCCCCCCCCC(OCC)(OCC)OC(=O)C1(C(=O)OC(CCCCCCCCCCC)(OCC)OCC)CCCCC1. The Morgan fingerprint density at radius 2 is 0.729 bits per heavy atom. The number of unbranched alkanes of at least 4 members (excludes halogenated alkanes) is 16. The smallest absolute Gasteiger partial charge is 0.329 e. The second kappa shape index (κ2) is 27.5. The van der Waals surface area contributed by atoms with Crippen LogP contribution in [-0.2, 0) is 38.0 Å². The third kappa shape index (κ3) is 17.1. The number of hydrogen-bond acceptors (Lipinski definition) is 8. The Kier molecular flexibility index (Phi) is 25.7. The molecule has 1 aliphatic rings. The van der Waals surface area contributed by atoms with Gasteiger partial charge < -0.3 is 28.4 Å². The van der Waals surface area contributed by atoms with Gasteiger partial charge in [-0.25, -0.2) is 0 Å². The minimum atomic E-state index is -1.53. The van der Waals surface area contributed by atoms with Crippen molar-refractivity contribution in [2.24, 2.45) is 5.41 Å². The summed E-state index contributed by atoms with van der Waals surface area (Å²) >= 11 is 0. The van der Waals surface area contributed by atoms with Gasteiger partial charge in [0.15, 0.2) is 5.41 Å². The molecule has 0 aromatic rings. The van der Waals surface area contributed by atoms with Crippen molar-refractivity contribution < 1.29 is 38.0 Å². The molecule has 8 nitrogen and oxygen atoms in total. The van der Waals surface area contributed by atoms with Crippen molar-refractivity contribution in [2.45, 2.75) is 214 Å². The van der Waals surface area contributed by atoms with Gasteiger partial charge in [-0.2, -0.15) is 0 Å². The van der Waals surface area contributed by atoms with Gasteiger partial charge in [0.05, 0.1) is 26.4 Å². The fraction of sp³-hybridized carbons (Fsp3) is 0.950. The minimum absolute atomic E-state index is 0.318. The molecule has 0 saturated heterocycles. The summed E-state index contributed by atoms with van der Waals surface area (Å²) in [5, 5.41) is 0. The fourth-order valence-corrected chi connectivity index (χ4v) is 6.90. The van der Waals surface area contributed by atoms with Crippen LogP contribution in [0.1, 0.15) is 202 Å². The summed E-state index contributed by atoms with van der Waals surface area (Å²) in [6.07, 6.45) is 25.1. The molecule has 0 N–H and O–H groups in total. The maximum absolute atomic E-state index is 14.3. The molecule has 0 atom stereocenters. The molecule has 0 aromatic carbocycles. The highest BCUT2D eigenvalue weighted by molar-refractivity contribution is 6.00. The van der Waals surface area contributed by atoms with Gasteiger partial charge >= 0.3 is 23.9 Å². The van der Waals surface area contributed by atoms with Crippen LogP contribution < -0.4 is 0 Å². The molecule has 0 amide bonds. The predicted octanol–water partition coefficient (Wildman–Crippen LogP) is 11.3. The average Bonchev–Trinajstić information content (AvgIpc) is 3.07. The van der Waals surface area contributed by atoms with Crippen LogP contribution in [0.25, 0.3) is 0 Å². The van der Waals surface area contributed by atoms with Crippen LogP contribution in [0.5, 0.6) is 0 Å². The van der Waals surface area contributed by atoms with E-state index in [9.17, 15) is 9.59 Å². The van der Waals surface area contributed by atoms with Gasteiger partial charge in [-0.15, -0.1) is 0 Å². The summed E-state index contributed by atoms with van der Waals surface area (Å²) in [4.78, 5) is 28.5. The number of carbonyl (C=O) groups is 2. The molecule has 1 rings (SSSR count). The van der Waals surface area contributed by atoms with E-state index in [-0.39, 0.29) is 0 Å². The van der Waals surface area contributed by atoms with Gasteiger partial charge in [0.25, 0.3) is 0 Å². The van der Waals surface area contributed by atoms with Gasteiger partial charge in [0.1, 0.15) is 0 Å². The Balaban J connectivity index is 3.00. The molecular weight excluding hydrogens is 608 g/mol. The van der Waals surface area contributed by atoms with Crippen molar-refractivity contribution in [3.05, 3.63) is 0 Å². The molecule has 8 heteroatoms. The number of hydrogen-bond donors (Lipinski definition) is 0. The van der Waals surface area contributed by atoms with Crippen molar-refractivity contribution in [3.8, 4) is 0 Å². The topological polar surface area (TPSA) is 89.5 Å². The maximum Gasteiger partial charge on any atom is 0.329 e. The maximum atomic E-state index is 14.3. The summed E-state index contributed by atoms with van der Waals surface area (Å²) in [6.45, 7) is 13.2. The van der Waals surface area contributed by atoms with E-state index >= 15 is 0 Å². The molecule has 48 heavy (non-hydrogen) atoms. The fourth-order valence-electron chi connectivity index (χ4n) is 6.90. The lowest BCUT2D eigenvalue weighted by atomic mass is 9.74. The van der Waals surface area contributed by atoms with E-state index in [1.54, 1.807) is 0 Å². The zero-order chi connectivity index (χ0) is 35.4. The largest absolute Gasteiger partial charge is 0.407 e. The van der Waals surface area contributed by atoms with Crippen LogP contribution >= 0.6 is 0 Å². The molecule has 0 bridgehead atoms. The summed E-state index contributed by atoms with van der Waals surface area (Å²) in [7, 11) is 0. The van der Waals surface area contributed by atoms with Crippen LogP contribution in [0, 0.1) is 5.41 Å². The molecular formula is C40H76O8. The second-order valence-corrected chi connectivity index (χ2v) is 13.7. The van der Waals surface area contributed by atoms with Crippen molar-refractivity contribution in [2.75, 3.05) is 26.4 Å². The Hall–Kier alpha value is -1.22. The highest BCUT2D eigenvalue weighted by Gasteiger charge is 2.55. The predicted molar refractivity (Wildman–Crippen MR) is 193 cm³/mol. The highest BCUT2D eigenvalue weighted by Crippen LogP contribution is 2.42. The summed E-state index contributed by atoms with van der Waals surface area (Å²) in [5.41, 5.74) is -1.46. The van der Waals surface area contributed by atoms with Gasteiger partial charge in [0, 0.05) is 12.8 Å². The third-order valence-electron chi connectivity index (χ3n) is 9.62. The van der Waals surface area contributed by atoms with Gasteiger partial charge in [-0.1, -0.05) is 136 Å². The number of esters is 2. The molecule has 0 aromatic heterocycles. The molecule has 1 saturated carbocycles. The molecule has 0 unspecified atom stereocenters. The Bertz CT molecular complexity index is 724. The van der Waals surface area contributed by atoms with Crippen molar-refractivity contribution in [1.29, 1.82) is 0 Å². The van der Waals surface area contributed by atoms with Crippen LogP contribution in [0.15, 0.2) is 0 Å². The molecule has 1 fully saturated rings. The summed E-state index contributed by atoms with van der Waals surface area (Å²) in [6, 6.07) is 0. The molecule has 0 radical (unpaired) electrons. The second-order valence-electron chi connectivity index (χ2n) is 13.7. The van der Waals surface area contributed by atoms with E-state index in [2.05, 4.69) is 13.8 Å². The minimum Gasteiger partial charge on any atom is -0.407 e. The van der Waals surface area contributed by atoms with Crippen LogP contribution in [0.3, 0.4) is 0 Å². The van der Waals surface area contributed by atoms with Gasteiger partial charge in [0.2, 0.25) is 0 Å². The first kappa shape index (κ1) is 44.8. The Morgan fingerprint density at radius 1 is 0.438 bits per heavy atom. The van der Waals surface area contributed by atoms with Crippen LogP contribution in [0.4, 0.5) is 0 Å². The van der Waals surface area contributed by atoms with Crippen molar-refractivity contribution in [1.82, 2.24) is 0 Å². The van der Waals surface area contributed by atoms with Gasteiger partial charge in [-0.05, 0) is 53.4 Å². The Morgan fingerprint density at radius 3 is 1.02 bits per heavy atom. The number of ether oxygens (including phenoxy) is 6. The van der Waals surface area contributed by atoms with E-state index in [1.165, 1.54) is 77.0 Å². The van der Waals surface area contributed by atoms with E-state index in [0.29, 0.717) is 52.1 Å². The lowest BCUT2D eigenvalue weighted by Gasteiger charge is -2.40. The summed E-state index contributed by atoms with van der Waals surface area (Å²) < 4.78 is 36.6. The molecule has 0 aliphatic heterocycles. The normalized spacial score (nSPS) is 15.0. The molecule has 0 spiro atoms. The lowest BCUT2D eigenvalue weighted by Crippen LogP contribution is -2.53.